The number of nitrogens with one attached hydrogen (secondary N) is 2. The maximum atomic E-state index is 11.2. The Labute approximate surface area is 81.6 Å². The molecule has 1 aromatic rings. The second kappa shape index (κ2) is 4.36. The van der Waals surface area contributed by atoms with Crippen molar-refractivity contribution in [1.29, 1.82) is 5.41 Å². The van der Waals surface area contributed by atoms with E-state index in [0.29, 0.717) is 0 Å². The molecule has 0 saturated carbocycles. The van der Waals surface area contributed by atoms with E-state index in [9.17, 15) is 4.79 Å². The van der Waals surface area contributed by atoms with Crippen LogP contribution in [0.1, 0.15) is 23.0 Å². The first kappa shape index (κ1) is 10.2. The molecule has 74 valence electrons. The van der Waals surface area contributed by atoms with E-state index in [1.165, 1.54) is 6.92 Å². The molecule has 0 spiro atoms. The summed E-state index contributed by atoms with van der Waals surface area (Å²) in [6.45, 7) is 3.35. The van der Waals surface area contributed by atoms with E-state index >= 15 is 0 Å². The fraction of sp³-hybridized carbons (Fsp3) is 0.222. The number of aryl methyl sites for hydroxylation is 1. The van der Waals surface area contributed by atoms with Crippen LogP contribution in [0, 0.1) is 12.3 Å². The molecule has 1 heterocycles. The topological polar surface area (TPSA) is 75.1 Å². The second-order valence-electron chi connectivity index (χ2n) is 2.84. The first-order chi connectivity index (χ1) is 6.59. The van der Waals surface area contributed by atoms with Crippen molar-refractivity contribution in [2.45, 2.75) is 13.8 Å². The van der Waals surface area contributed by atoms with Gasteiger partial charge in [0.2, 0.25) is 0 Å². The molecule has 0 aliphatic heterocycles. The Kier molecular flexibility index (Phi) is 3.17. The van der Waals surface area contributed by atoms with Crippen molar-refractivity contribution in [1.82, 2.24) is 10.5 Å². The third-order valence-corrected chi connectivity index (χ3v) is 1.42. The van der Waals surface area contributed by atoms with Gasteiger partial charge in [0.05, 0.1) is 0 Å². The Balaban J connectivity index is 2.61. The van der Waals surface area contributed by atoms with Gasteiger partial charge in [-0.05, 0) is 25.5 Å². The summed E-state index contributed by atoms with van der Waals surface area (Å²) >= 11 is 0. The number of amidine groups is 1. The van der Waals surface area contributed by atoms with E-state index in [1.807, 2.05) is 6.92 Å². The molecule has 5 heteroatoms. The van der Waals surface area contributed by atoms with E-state index in [1.54, 1.807) is 18.3 Å². The highest BCUT2D eigenvalue weighted by atomic mass is 16.7. The highest BCUT2D eigenvalue weighted by Crippen LogP contribution is 1.99. The molecular weight excluding hydrogens is 182 g/mol. The lowest BCUT2D eigenvalue weighted by atomic mass is 10.3. The summed E-state index contributed by atoms with van der Waals surface area (Å²) < 4.78 is 0. The van der Waals surface area contributed by atoms with Gasteiger partial charge in [-0.25, -0.2) is 15.3 Å². The van der Waals surface area contributed by atoms with Gasteiger partial charge < -0.3 is 4.84 Å². The Bertz CT molecular complexity index is 346. The van der Waals surface area contributed by atoms with Crippen molar-refractivity contribution in [3.63, 3.8) is 0 Å². The molecule has 0 atom stereocenters. The summed E-state index contributed by atoms with van der Waals surface area (Å²) in [6, 6.07) is 3.33. The zero-order valence-corrected chi connectivity index (χ0v) is 8.00. The first-order valence-corrected chi connectivity index (χ1v) is 4.04. The van der Waals surface area contributed by atoms with Crippen LogP contribution in [0.25, 0.3) is 0 Å². The number of carbonyl (C=O) groups is 1. The fourth-order valence-corrected chi connectivity index (χ4v) is 0.764. The number of hydroxylamine groups is 1. The normalized spacial score (nSPS) is 9.29. The predicted molar refractivity (Wildman–Crippen MR) is 50.9 cm³/mol. The van der Waals surface area contributed by atoms with Gasteiger partial charge in [0, 0.05) is 6.20 Å². The molecule has 0 radical (unpaired) electrons. The molecule has 2 N–H and O–H groups in total. The third kappa shape index (κ3) is 2.85. The molecule has 0 fully saturated rings. The van der Waals surface area contributed by atoms with E-state index in [4.69, 9.17) is 5.41 Å². The number of rotatable bonds is 1. The maximum Gasteiger partial charge on any atom is 0.381 e. The smallest absolute Gasteiger partial charge is 0.335 e. The molecule has 0 aromatic carbocycles. The summed E-state index contributed by atoms with van der Waals surface area (Å²) in [4.78, 5) is 19.6. The van der Waals surface area contributed by atoms with Gasteiger partial charge in [0.1, 0.15) is 5.84 Å². The minimum absolute atomic E-state index is 0.0606. The van der Waals surface area contributed by atoms with Crippen LogP contribution in [0.15, 0.2) is 18.3 Å². The quantitative estimate of drug-likeness (QED) is 0.397. The van der Waals surface area contributed by atoms with Crippen LogP contribution in [-0.4, -0.2) is 16.8 Å². The number of aromatic nitrogens is 1. The number of carbonyl (C=O) groups excluding carboxylic acids is 1. The zero-order chi connectivity index (χ0) is 10.6. The Morgan fingerprint density at radius 2 is 2.29 bits per heavy atom. The molecule has 14 heavy (non-hydrogen) atoms. The van der Waals surface area contributed by atoms with Gasteiger partial charge in [-0.2, -0.15) is 0 Å². The van der Waals surface area contributed by atoms with Gasteiger partial charge >= 0.3 is 5.97 Å². The van der Waals surface area contributed by atoms with E-state index in [2.05, 4.69) is 15.3 Å². The monoisotopic (exact) mass is 193 g/mol. The fourth-order valence-electron chi connectivity index (χ4n) is 0.764. The van der Waals surface area contributed by atoms with Crippen LogP contribution >= 0.6 is 0 Å². The molecule has 0 unspecified atom stereocenters. The number of pyridine rings is 1. The minimum atomic E-state index is -0.600. The molecule has 0 aliphatic carbocycles. The minimum Gasteiger partial charge on any atom is -0.335 e. The molecule has 5 nitrogen and oxygen atoms in total. The second-order valence-corrected chi connectivity index (χ2v) is 2.84. The number of hydrogen-bond donors (Lipinski definition) is 2. The van der Waals surface area contributed by atoms with Crippen molar-refractivity contribution < 1.29 is 9.63 Å². The molecule has 0 bridgehead atoms. The lowest BCUT2D eigenvalue weighted by molar-refractivity contribution is 0.0376. The molecule has 1 aromatic heterocycles. The van der Waals surface area contributed by atoms with E-state index in [0.717, 1.165) is 5.56 Å². The average Bonchev–Trinajstić information content (AvgIpc) is 2.15. The van der Waals surface area contributed by atoms with Crippen molar-refractivity contribution in [3.8, 4) is 0 Å². The standard InChI is InChI=1S/C9H11N3O2/c1-6-3-4-8(11-5-6)9(13)14-12-7(2)10/h3-5H,1-2H3,(H2,10,12). The molecule has 1 rings (SSSR count). The van der Waals surface area contributed by atoms with Crippen LogP contribution in [-0.2, 0) is 4.84 Å². The van der Waals surface area contributed by atoms with E-state index < -0.39 is 5.97 Å². The van der Waals surface area contributed by atoms with Crippen molar-refractivity contribution in [3.05, 3.63) is 29.6 Å². The van der Waals surface area contributed by atoms with Crippen molar-refractivity contribution >= 4 is 11.8 Å². The van der Waals surface area contributed by atoms with Gasteiger partial charge in [0.25, 0.3) is 0 Å². The first-order valence-electron chi connectivity index (χ1n) is 4.04. The Morgan fingerprint density at radius 3 is 2.79 bits per heavy atom. The van der Waals surface area contributed by atoms with Crippen LogP contribution in [0.2, 0.25) is 0 Å². The third-order valence-electron chi connectivity index (χ3n) is 1.42. The van der Waals surface area contributed by atoms with Crippen LogP contribution < -0.4 is 5.48 Å². The largest absolute Gasteiger partial charge is 0.381 e. The molecule has 0 aliphatic rings. The lowest BCUT2D eigenvalue weighted by Gasteiger charge is -2.03. The highest BCUT2D eigenvalue weighted by molar-refractivity contribution is 5.88. The summed E-state index contributed by atoms with van der Waals surface area (Å²) in [5.74, 6) is -0.540. The Morgan fingerprint density at radius 1 is 1.57 bits per heavy atom. The van der Waals surface area contributed by atoms with Crippen LogP contribution in [0.4, 0.5) is 0 Å². The van der Waals surface area contributed by atoms with Crippen LogP contribution in [0.5, 0.6) is 0 Å². The zero-order valence-electron chi connectivity index (χ0n) is 8.00. The average molecular weight is 193 g/mol. The maximum absolute atomic E-state index is 11.2. The van der Waals surface area contributed by atoms with Crippen molar-refractivity contribution in [2.75, 3.05) is 0 Å². The van der Waals surface area contributed by atoms with Gasteiger partial charge in [-0.3, -0.25) is 5.41 Å². The summed E-state index contributed by atoms with van der Waals surface area (Å²) in [5.41, 5.74) is 3.33. The lowest BCUT2D eigenvalue weighted by Crippen LogP contribution is -2.24. The SMILES string of the molecule is CC(=N)NOC(=O)c1ccc(C)cn1. The van der Waals surface area contributed by atoms with Gasteiger partial charge in [-0.1, -0.05) is 6.07 Å². The predicted octanol–water partition coefficient (Wildman–Crippen LogP) is 1.05. The molecule has 0 amide bonds. The molecule has 0 saturated heterocycles. The van der Waals surface area contributed by atoms with Gasteiger partial charge in [-0.15, -0.1) is 0 Å². The van der Waals surface area contributed by atoms with Crippen LogP contribution in [0.3, 0.4) is 0 Å². The van der Waals surface area contributed by atoms with E-state index in [-0.39, 0.29) is 11.5 Å². The van der Waals surface area contributed by atoms with Gasteiger partial charge in [0.15, 0.2) is 5.69 Å². The molecular formula is C9H11N3O2. The number of nitrogens with zero attached hydrogens (tertiary/aromatic N) is 1. The summed E-state index contributed by atoms with van der Waals surface area (Å²) in [7, 11) is 0. The van der Waals surface area contributed by atoms with Crippen molar-refractivity contribution in [2.24, 2.45) is 0 Å². The highest BCUT2D eigenvalue weighted by Gasteiger charge is 2.08. The summed E-state index contributed by atoms with van der Waals surface area (Å²) in [6.07, 6.45) is 1.58. The number of hydrogen-bond acceptors (Lipinski definition) is 4. The summed E-state index contributed by atoms with van der Waals surface area (Å²) in [5, 5.41) is 6.98. The Hall–Kier alpha value is -1.91.